The SMILES string of the molecule is CC1=NC(=O)C2C(C)=NN(C)C2=N1. The summed E-state index contributed by atoms with van der Waals surface area (Å²) in [6, 6.07) is 0. The van der Waals surface area contributed by atoms with E-state index in [1.54, 1.807) is 19.0 Å². The summed E-state index contributed by atoms with van der Waals surface area (Å²) in [5, 5.41) is 5.78. The number of fused-ring (bicyclic) bond motifs is 1. The van der Waals surface area contributed by atoms with E-state index in [0.29, 0.717) is 11.7 Å². The maximum Gasteiger partial charge on any atom is 0.263 e. The Kier molecular flexibility index (Phi) is 1.55. The topological polar surface area (TPSA) is 57.4 Å². The average molecular weight is 178 g/mol. The van der Waals surface area contributed by atoms with E-state index in [1.807, 2.05) is 6.92 Å². The van der Waals surface area contributed by atoms with E-state index >= 15 is 0 Å². The van der Waals surface area contributed by atoms with Crippen molar-refractivity contribution in [2.45, 2.75) is 13.8 Å². The summed E-state index contributed by atoms with van der Waals surface area (Å²) in [5.41, 5.74) is 0.766. The zero-order chi connectivity index (χ0) is 9.59. The van der Waals surface area contributed by atoms with Gasteiger partial charge in [-0.3, -0.25) is 9.80 Å². The number of rotatable bonds is 0. The van der Waals surface area contributed by atoms with E-state index in [9.17, 15) is 4.79 Å². The summed E-state index contributed by atoms with van der Waals surface area (Å²) in [6.07, 6.45) is 0. The molecule has 13 heavy (non-hydrogen) atoms. The molecular formula is C8H10N4O. The normalized spacial score (nSPS) is 26.7. The lowest BCUT2D eigenvalue weighted by molar-refractivity contribution is -0.118. The Bertz CT molecular complexity index is 366. The molecule has 5 nitrogen and oxygen atoms in total. The Morgan fingerprint density at radius 2 is 2.00 bits per heavy atom. The number of amides is 1. The molecule has 1 amide bonds. The van der Waals surface area contributed by atoms with Crippen LogP contribution in [0.25, 0.3) is 0 Å². The summed E-state index contributed by atoms with van der Waals surface area (Å²) in [7, 11) is 1.79. The van der Waals surface area contributed by atoms with Crippen LogP contribution >= 0.6 is 0 Å². The van der Waals surface area contributed by atoms with Crippen molar-refractivity contribution in [1.82, 2.24) is 5.01 Å². The molecule has 0 saturated heterocycles. The number of hydrogen-bond acceptors (Lipinski definition) is 4. The quantitative estimate of drug-likeness (QED) is 0.535. The predicted octanol–water partition coefficient (Wildman–Crippen LogP) is 0.281. The lowest BCUT2D eigenvalue weighted by Crippen LogP contribution is -2.34. The molecule has 0 N–H and O–H groups in total. The van der Waals surface area contributed by atoms with Crippen LogP contribution in [0.3, 0.4) is 0 Å². The van der Waals surface area contributed by atoms with Crippen molar-refractivity contribution in [3.05, 3.63) is 0 Å². The summed E-state index contributed by atoms with van der Waals surface area (Å²) in [6.45, 7) is 3.53. The van der Waals surface area contributed by atoms with Crippen LogP contribution < -0.4 is 0 Å². The average Bonchev–Trinajstić information content (AvgIpc) is 2.27. The van der Waals surface area contributed by atoms with E-state index in [4.69, 9.17) is 0 Å². The Morgan fingerprint density at radius 3 is 2.69 bits per heavy atom. The van der Waals surface area contributed by atoms with Crippen LogP contribution in [-0.4, -0.2) is 35.3 Å². The van der Waals surface area contributed by atoms with Gasteiger partial charge >= 0.3 is 0 Å². The molecule has 0 saturated carbocycles. The molecule has 0 aromatic carbocycles. The molecule has 1 unspecified atom stereocenters. The third-order valence-electron chi connectivity index (χ3n) is 2.11. The first kappa shape index (κ1) is 8.10. The Labute approximate surface area is 75.9 Å². The van der Waals surface area contributed by atoms with Crippen molar-refractivity contribution < 1.29 is 4.79 Å². The highest BCUT2D eigenvalue weighted by Crippen LogP contribution is 2.20. The Balaban J connectivity index is 2.47. The highest BCUT2D eigenvalue weighted by atomic mass is 16.1. The van der Waals surface area contributed by atoms with E-state index in [-0.39, 0.29) is 11.8 Å². The molecule has 2 heterocycles. The van der Waals surface area contributed by atoms with Crippen LogP contribution in [-0.2, 0) is 4.79 Å². The maximum absolute atomic E-state index is 11.5. The van der Waals surface area contributed by atoms with E-state index in [2.05, 4.69) is 15.1 Å². The molecule has 0 aromatic heterocycles. The van der Waals surface area contributed by atoms with Crippen LogP contribution in [0.15, 0.2) is 15.1 Å². The largest absolute Gasteiger partial charge is 0.271 e. The predicted molar refractivity (Wildman–Crippen MR) is 49.9 cm³/mol. The highest BCUT2D eigenvalue weighted by molar-refractivity contribution is 6.28. The second kappa shape index (κ2) is 2.48. The molecule has 2 aliphatic heterocycles. The van der Waals surface area contributed by atoms with Crippen LogP contribution in [0.2, 0.25) is 0 Å². The Morgan fingerprint density at radius 1 is 1.31 bits per heavy atom. The summed E-state index contributed by atoms with van der Waals surface area (Å²) < 4.78 is 0. The van der Waals surface area contributed by atoms with Gasteiger partial charge in [0.25, 0.3) is 5.91 Å². The first-order chi connectivity index (χ1) is 6.09. The minimum atomic E-state index is -0.339. The molecule has 1 atom stereocenters. The van der Waals surface area contributed by atoms with E-state index in [1.165, 1.54) is 0 Å². The maximum atomic E-state index is 11.5. The zero-order valence-electron chi connectivity index (χ0n) is 7.77. The van der Waals surface area contributed by atoms with Crippen LogP contribution in [0.5, 0.6) is 0 Å². The van der Waals surface area contributed by atoms with Gasteiger partial charge < -0.3 is 0 Å². The van der Waals surface area contributed by atoms with Crippen molar-refractivity contribution >= 4 is 23.3 Å². The number of hydrogen-bond donors (Lipinski definition) is 0. The van der Waals surface area contributed by atoms with Crippen LogP contribution in [0.1, 0.15) is 13.8 Å². The minimum Gasteiger partial charge on any atom is -0.271 e. The molecular weight excluding hydrogens is 168 g/mol. The Hall–Kier alpha value is -1.52. The van der Waals surface area contributed by atoms with Crippen molar-refractivity contribution in [2.24, 2.45) is 21.0 Å². The fourth-order valence-electron chi connectivity index (χ4n) is 1.56. The number of aliphatic imine (C=N–C) groups is 2. The van der Waals surface area contributed by atoms with Gasteiger partial charge in [-0.2, -0.15) is 10.1 Å². The number of nitrogens with zero attached hydrogens (tertiary/aromatic N) is 4. The second-order valence-electron chi connectivity index (χ2n) is 3.17. The fourth-order valence-corrected chi connectivity index (χ4v) is 1.56. The van der Waals surface area contributed by atoms with Crippen molar-refractivity contribution in [2.75, 3.05) is 7.05 Å². The fraction of sp³-hybridized carbons (Fsp3) is 0.500. The van der Waals surface area contributed by atoms with Gasteiger partial charge in [0.2, 0.25) is 0 Å². The van der Waals surface area contributed by atoms with E-state index < -0.39 is 0 Å². The second-order valence-corrected chi connectivity index (χ2v) is 3.17. The van der Waals surface area contributed by atoms with Crippen molar-refractivity contribution in [1.29, 1.82) is 0 Å². The van der Waals surface area contributed by atoms with Gasteiger partial charge in [0.1, 0.15) is 17.6 Å². The van der Waals surface area contributed by atoms with Gasteiger partial charge in [0, 0.05) is 7.05 Å². The lowest BCUT2D eigenvalue weighted by atomic mass is 10.0. The molecule has 0 radical (unpaired) electrons. The zero-order valence-corrected chi connectivity index (χ0v) is 7.77. The third kappa shape index (κ3) is 1.07. The van der Waals surface area contributed by atoms with Gasteiger partial charge in [0.15, 0.2) is 0 Å². The smallest absolute Gasteiger partial charge is 0.263 e. The lowest BCUT2D eigenvalue weighted by Gasteiger charge is -2.15. The van der Waals surface area contributed by atoms with Gasteiger partial charge in [-0.25, -0.2) is 4.99 Å². The molecule has 2 aliphatic rings. The first-order valence-corrected chi connectivity index (χ1v) is 4.06. The summed E-state index contributed by atoms with van der Waals surface area (Å²) in [4.78, 5) is 19.4. The third-order valence-corrected chi connectivity index (χ3v) is 2.11. The minimum absolute atomic E-state index is 0.159. The summed E-state index contributed by atoms with van der Waals surface area (Å²) in [5.74, 6) is 0.699. The monoisotopic (exact) mass is 178 g/mol. The standard InChI is InChI=1S/C8H10N4O/c1-4-6-7(12(3)11-4)9-5(2)10-8(6)13/h6H,1-3H3. The molecule has 0 spiro atoms. The number of carbonyl (C=O) groups is 1. The molecule has 0 aliphatic carbocycles. The molecule has 68 valence electrons. The van der Waals surface area contributed by atoms with Gasteiger partial charge in [0.05, 0.1) is 5.71 Å². The number of hydrazone groups is 1. The van der Waals surface area contributed by atoms with Crippen molar-refractivity contribution in [3.8, 4) is 0 Å². The van der Waals surface area contributed by atoms with Crippen molar-refractivity contribution in [3.63, 3.8) is 0 Å². The van der Waals surface area contributed by atoms with E-state index in [0.717, 1.165) is 5.71 Å². The molecule has 0 bridgehead atoms. The van der Waals surface area contributed by atoms with Gasteiger partial charge in [-0.1, -0.05) is 0 Å². The molecule has 0 aromatic rings. The summed E-state index contributed by atoms with van der Waals surface area (Å²) >= 11 is 0. The van der Waals surface area contributed by atoms with Crippen LogP contribution in [0, 0.1) is 5.92 Å². The molecule has 0 fully saturated rings. The number of carbonyl (C=O) groups excluding carboxylic acids is 1. The van der Waals surface area contributed by atoms with Gasteiger partial charge in [-0.15, -0.1) is 0 Å². The molecule has 5 heteroatoms. The highest BCUT2D eigenvalue weighted by Gasteiger charge is 2.37. The molecule has 2 rings (SSSR count). The van der Waals surface area contributed by atoms with Gasteiger partial charge in [-0.05, 0) is 13.8 Å². The number of amidine groups is 2. The first-order valence-electron chi connectivity index (χ1n) is 4.06. The van der Waals surface area contributed by atoms with Crippen LogP contribution in [0.4, 0.5) is 0 Å².